The quantitative estimate of drug-likeness (QED) is 0.443. The second kappa shape index (κ2) is 10.8. The topological polar surface area (TPSA) is 108 Å². The third kappa shape index (κ3) is 7.48. The lowest BCUT2D eigenvalue weighted by atomic mass is 10.1. The zero-order valence-electron chi connectivity index (χ0n) is 16.3. The predicted molar refractivity (Wildman–Crippen MR) is 121 cm³/mol. The normalized spacial score (nSPS) is 16.3. The lowest BCUT2D eigenvalue weighted by Crippen LogP contribution is -2.22. The van der Waals surface area contributed by atoms with Crippen molar-refractivity contribution in [2.75, 3.05) is 30.4 Å². The van der Waals surface area contributed by atoms with Gasteiger partial charge in [0.05, 0.1) is 16.9 Å². The number of nitrogens with one attached hydrogen (secondary N) is 3. The van der Waals surface area contributed by atoms with E-state index in [2.05, 4.69) is 43.5 Å². The molecule has 0 fully saturated rings. The molecule has 0 bridgehead atoms. The molecule has 1 unspecified atom stereocenters. The highest BCUT2D eigenvalue weighted by Gasteiger charge is 2.21. The van der Waals surface area contributed by atoms with Gasteiger partial charge in [0.25, 0.3) is 0 Å². The van der Waals surface area contributed by atoms with E-state index in [1.165, 1.54) is 28.7 Å². The third-order valence-corrected chi connectivity index (χ3v) is 8.09. The number of hydrazone groups is 1. The van der Waals surface area contributed by atoms with Crippen molar-refractivity contribution in [3.05, 3.63) is 40.9 Å². The van der Waals surface area contributed by atoms with Gasteiger partial charge in [0.15, 0.2) is 15.0 Å². The summed E-state index contributed by atoms with van der Waals surface area (Å²) in [4.78, 5) is 0. The number of amidine groups is 1. The van der Waals surface area contributed by atoms with Crippen LogP contribution in [0.15, 0.2) is 35.4 Å². The first-order chi connectivity index (χ1) is 14.0. The second-order valence-electron chi connectivity index (χ2n) is 6.61. The van der Waals surface area contributed by atoms with Crippen molar-refractivity contribution in [2.45, 2.75) is 31.1 Å². The second-order valence-corrected chi connectivity index (χ2v) is 11.2. The van der Waals surface area contributed by atoms with Gasteiger partial charge in [0.2, 0.25) is 5.13 Å². The summed E-state index contributed by atoms with van der Waals surface area (Å²) in [5, 5.41) is 20.8. The molecule has 0 spiro atoms. The Bertz CT molecular complexity index is 901. The van der Waals surface area contributed by atoms with Crippen LogP contribution in [-0.4, -0.2) is 54.3 Å². The van der Waals surface area contributed by atoms with Crippen molar-refractivity contribution in [3.8, 4) is 0 Å². The molecule has 0 radical (unpaired) electrons. The highest BCUT2D eigenvalue weighted by Crippen LogP contribution is 2.20. The molecular weight excluding hydrogens is 428 g/mol. The van der Waals surface area contributed by atoms with Gasteiger partial charge < -0.3 is 10.6 Å². The number of rotatable bonds is 11. The maximum Gasteiger partial charge on any atom is 0.205 e. The molecule has 0 saturated carbocycles. The number of aryl methyl sites for hydroxylation is 2. The Morgan fingerprint density at radius 2 is 1.97 bits per heavy atom. The van der Waals surface area contributed by atoms with Gasteiger partial charge in [-0.25, -0.2) is 8.42 Å². The van der Waals surface area contributed by atoms with Gasteiger partial charge in [0.1, 0.15) is 5.01 Å². The summed E-state index contributed by atoms with van der Waals surface area (Å²) in [6, 6.07) is 10.4. The highest BCUT2D eigenvalue weighted by molar-refractivity contribution is 8.14. The largest absolute Gasteiger partial charge is 0.366 e. The van der Waals surface area contributed by atoms with Gasteiger partial charge in [-0.05, 0) is 24.8 Å². The van der Waals surface area contributed by atoms with Crippen LogP contribution < -0.4 is 16.1 Å². The maximum atomic E-state index is 12.3. The lowest BCUT2D eigenvalue weighted by Gasteiger charge is -2.08. The molecule has 2 heterocycles. The summed E-state index contributed by atoms with van der Waals surface area (Å²) in [6.07, 6.45) is 2.92. The van der Waals surface area contributed by atoms with E-state index in [-0.39, 0.29) is 16.9 Å². The number of thioether (sulfide) groups is 1. The average Bonchev–Trinajstić information content (AvgIpc) is 3.38. The molecule has 8 nitrogen and oxygen atoms in total. The Labute approximate surface area is 179 Å². The predicted octanol–water partition coefficient (Wildman–Crippen LogP) is 2.08. The van der Waals surface area contributed by atoms with Crippen molar-refractivity contribution in [1.82, 2.24) is 20.9 Å². The van der Waals surface area contributed by atoms with Crippen LogP contribution in [0.2, 0.25) is 0 Å². The van der Waals surface area contributed by atoms with E-state index in [0.29, 0.717) is 12.8 Å². The van der Waals surface area contributed by atoms with Crippen molar-refractivity contribution in [3.63, 3.8) is 0 Å². The van der Waals surface area contributed by atoms with Crippen molar-refractivity contribution in [2.24, 2.45) is 5.10 Å². The van der Waals surface area contributed by atoms with Gasteiger partial charge in [-0.2, -0.15) is 5.10 Å². The fraction of sp³-hybridized carbons (Fsp3) is 0.500. The molecule has 1 aliphatic heterocycles. The summed E-state index contributed by atoms with van der Waals surface area (Å²) in [5.74, 6) is 0.223. The van der Waals surface area contributed by atoms with Crippen molar-refractivity contribution < 1.29 is 8.42 Å². The first-order valence-electron chi connectivity index (χ1n) is 9.52. The van der Waals surface area contributed by atoms with E-state index >= 15 is 0 Å². The minimum absolute atomic E-state index is 0.000410. The number of aromatic nitrogens is 2. The van der Waals surface area contributed by atoms with Gasteiger partial charge in [-0.1, -0.05) is 53.4 Å². The van der Waals surface area contributed by atoms with Gasteiger partial charge in [-0.3, -0.25) is 5.43 Å². The summed E-state index contributed by atoms with van der Waals surface area (Å²) in [7, 11) is -1.35. The minimum atomic E-state index is -3.14. The Hall–Kier alpha value is -1.85. The van der Waals surface area contributed by atoms with E-state index < -0.39 is 9.84 Å². The molecule has 1 atom stereocenters. The summed E-state index contributed by atoms with van der Waals surface area (Å²) >= 11 is 2.94. The number of hydrogen-bond acceptors (Lipinski definition) is 10. The molecular formula is C18H26N6O2S3. The van der Waals surface area contributed by atoms with Crippen molar-refractivity contribution >= 4 is 43.2 Å². The van der Waals surface area contributed by atoms with Crippen LogP contribution >= 0.6 is 23.1 Å². The summed E-state index contributed by atoms with van der Waals surface area (Å²) in [6.45, 7) is 0.810. The van der Waals surface area contributed by atoms with Crippen LogP contribution in [-0.2, 0) is 22.7 Å². The molecule has 3 rings (SSSR count). The summed E-state index contributed by atoms with van der Waals surface area (Å²) in [5.41, 5.74) is 4.25. The zero-order valence-corrected chi connectivity index (χ0v) is 18.7. The molecule has 0 saturated heterocycles. The molecule has 11 heteroatoms. The van der Waals surface area contributed by atoms with Crippen LogP contribution in [0.1, 0.15) is 23.4 Å². The highest BCUT2D eigenvalue weighted by atomic mass is 32.2. The van der Waals surface area contributed by atoms with E-state index in [1.54, 1.807) is 7.05 Å². The molecule has 0 amide bonds. The standard InChI is InChI=1S/C18H26N6O2S3/c1-19-17-23-21-15(27-17)9-12-29(25,26)13-10-16-22-24-18(28-16)20-11-5-8-14-6-3-2-4-7-14/h2-4,6-7,15,21H,5,8-13H2,1H3,(H,19,23)(H,20,24). The third-order valence-electron chi connectivity index (χ3n) is 4.32. The SMILES string of the molecule is CNC1=NNC(CCS(=O)(=O)CCc2nnc(NCCCc3ccccc3)s2)S1. The van der Waals surface area contributed by atoms with Crippen molar-refractivity contribution in [1.29, 1.82) is 0 Å². The first-order valence-corrected chi connectivity index (χ1v) is 13.0. The fourth-order valence-corrected chi connectivity index (χ4v) is 5.93. The number of sulfone groups is 1. The van der Waals surface area contributed by atoms with Crippen LogP contribution in [0, 0.1) is 0 Å². The molecule has 158 valence electrons. The molecule has 29 heavy (non-hydrogen) atoms. The zero-order chi connectivity index (χ0) is 20.5. The van der Waals surface area contributed by atoms with Crippen LogP contribution in [0.4, 0.5) is 5.13 Å². The smallest absolute Gasteiger partial charge is 0.205 e. The molecule has 1 aromatic carbocycles. The van der Waals surface area contributed by atoms with Crippen LogP contribution in [0.5, 0.6) is 0 Å². The number of anilines is 1. The van der Waals surface area contributed by atoms with E-state index in [1.807, 2.05) is 18.2 Å². The van der Waals surface area contributed by atoms with E-state index in [9.17, 15) is 8.42 Å². The van der Waals surface area contributed by atoms with Crippen LogP contribution in [0.25, 0.3) is 0 Å². The number of benzene rings is 1. The van der Waals surface area contributed by atoms with Gasteiger partial charge in [-0.15, -0.1) is 10.2 Å². The molecule has 0 aliphatic carbocycles. The van der Waals surface area contributed by atoms with Gasteiger partial charge in [0, 0.05) is 20.0 Å². The maximum absolute atomic E-state index is 12.3. The molecule has 1 aromatic heterocycles. The monoisotopic (exact) mass is 454 g/mol. The fourth-order valence-electron chi connectivity index (χ4n) is 2.75. The Morgan fingerprint density at radius 3 is 2.72 bits per heavy atom. The Morgan fingerprint density at radius 1 is 1.14 bits per heavy atom. The minimum Gasteiger partial charge on any atom is -0.366 e. The Balaban J connectivity index is 1.34. The van der Waals surface area contributed by atoms with Gasteiger partial charge >= 0.3 is 0 Å². The lowest BCUT2D eigenvalue weighted by molar-refractivity contribution is 0.587. The average molecular weight is 455 g/mol. The number of nitrogens with zero attached hydrogens (tertiary/aromatic N) is 3. The van der Waals surface area contributed by atoms with E-state index in [0.717, 1.165) is 34.7 Å². The first kappa shape index (κ1) is 21.8. The molecule has 3 N–H and O–H groups in total. The Kier molecular flexibility index (Phi) is 8.13. The van der Waals surface area contributed by atoms with Crippen LogP contribution in [0.3, 0.4) is 0 Å². The number of hydrogen-bond donors (Lipinski definition) is 3. The van der Waals surface area contributed by atoms with E-state index in [4.69, 9.17) is 0 Å². The molecule has 2 aromatic rings. The molecule has 1 aliphatic rings. The summed E-state index contributed by atoms with van der Waals surface area (Å²) < 4.78 is 24.6.